The third-order valence-electron chi connectivity index (χ3n) is 6.08. The molecule has 2 aliphatic rings. The van der Waals surface area contributed by atoms with E-state index in [1.54, 1.807) is 12.4 Å². The molecule has 158 valence electrons. The number of hydrogen-bond donors (Lipinski definition) is 0. The zero-order valence-electron chi connectivity index (χ0n) is 17.8. The van der Waals surface area contributed by atoms with Gasteiger partial charge in [0.25, 0.3) is 5.91 Å². The molecule has 5 nitrogen and oxygen atoms in total. The number of aryl methyl sites for hydroxylation is 1. The number of carbonyl (C=O) groups excluding carboxylic acids is 1. The summed E-state index contributed by atoms with van der Waals surface area (Å²) < 4.78 is 13.8. The van der Waals surface area contributed by atoms with Gasteiger partial charge in [0, 0.05) is 43.4 Å². The highest BCUT2D eigenvalue weighted by Gasteiger charge is 2.32. The molecule has 6 heteroatoms. The van der Waals surface area contributed by atoms with Gasteiger partial charge >= 0.3 is 0 Å². The summed E-state index contributed by atoms with van der Waals surface area (Å²) >= 11 is 0. The van der Waals surface area contributed by atoms with Crippen molar-refractivity contribution in [2.45, 2.75) is 26.7 Å². The normalized spacial score (nSPS) is 15.7. The van der Waals surface area contributed by atoms with Gasteiger partial charge in [-0.15, -0.1) is 0 Å². The van der Waals surface area contributed by atoms with Gasteiger partial charge in [0.15, 0.2) is 0 Å². The molecule has 2 aliphatic heterocycles. The van der Waals surface area contributed by atoms with Crippen LogP contribution in [0.25, 0.3) is 0 Å². The summed E-state index contributed by atoms with van der Waals surface area (Å²) in [6.07, 6.45) is 2.91. The molecule has 1 fully saturated rings. The fourth-order valence-electron chi connectivity index (χ4n) is 4.66. The van der Waals surface area contributed by atoms with E-state index in [9.17, 15) is 9.18 Å². The number of aromatic nitrogens is 2. The van der Waals surface area contributed by atoms with Crippen LogP contribution in [-0.4, -0.2) is 40.4 Å². The van der Waals surface area contributed by atoms with Gasteiger partial charge in [0.2, 0.25) is 0 Å². The van der Waals surface area contributed by atoms with Gasteiger partial charge in [-0.05, 0) is 60.2 Å². The number of rotatable bonds is 4. The van der Waals surface area contributed by atoms with E-state index >= 15 is 0 Å². The monoisotopic (exact) mass is 416 g/mol. The molecule has 0 unspecified atom stereocenters. The fourth-order valence-corrected chi connectivity index (χ4v) is 4.66. The highest BCUT2D eigenvalue weighted by molar-refractivity contribution is 5.98. The Kier molecular flexibility index (Phi) is 4.93. The predicted octanol–water partition coefficient (Wildman–Crippen LogP) is 4.30. The second-order valence-corrected chi connectivity index (χ2v) is 8.70. The lowest BCUT2D eigenvalue weighted by atomic mass is 9.98. The average molecular weight is 417 g/mol. The first-order chi connectivity index (χ1) is 15.0. The minimum atomic E-state index is -0.230. The third-order valence-corrected chi connectivity index (χ3v) is 6.08. The number of amides is 1. The van der Waals surface area contributed by atoms with Crippen molar-refractivity contribution < 1.29 is 9.18 Å². The van der Waals surface area contributed by atoms with Crippen LogP contribution >= 0.6 is 0 Å². The van der Waals surface area contributed by atoms with Gasteiger partial charge in [-0.25, -0.2) is 14.4 Å². The van der Waals surface area contributed by atoms with Crippen LogP contribution < -0.4 is 4.90 Å². The van der Waals surface area contributed by atoms with E-state index in [1.165, 1.54) is 6.07 Å². The number of halogens is 1. The van der Waals surface area contributed by atoms with Crippen LogP contribution in [0.1, 0.15) is 39.7 Å². The molecule has 5 rings (SSSR count). The van der Waals surface area contributed by atoms with Crippen LogP contribution in [0.3, 0.4) is 0 Å². The molecule has 0 aliphatic carbocycles. The molecule has 0 saturated carbocycles. The molecular formula is C25H25FN4O. The Morgan fingerprint density at radius 1 is 1.16 bits per heavy atom. The molecule has 1 aromatic heterocycles. The molecule has 0 spiro atoms. The van der Waals surface area contributed by atoms with Gasteiger partial charge in [-0.2, -0.15) is 0 Å². The Balaban J connectivity index is 1.41. The standard InChI is InChI=1S/C25H25FN4O/c1-16-8-18(10-19(26)9-16)11-20-12-24(28-15-27-20)30-7-6-21-22(4-3-5-23(21)30)25(31)29-13-17(2)14-29/h3-5,8-10,12,15,17H,6-7,11,13-14H2,1-2H3. The van der Waals surface area contributed by atoms with E-state index in [4.69, 9.17) is 0 Å². The average Bonchev–Trinajstić information content (AvgIpc) is 3.15. The van der Waals surface area contributed by atoms with E-state index in [0.29, 0.717) is 12.3 Å². The summed E-state index contributed by atoms with van der Waals surface area (Å²) in [4.78, 5) is 25.9. The second-order valence-electron chi connectivity index (χ2n) is 8.70. The molecule has 0 bridgehead atoms. The Hall–Kier alpha value is -3.28. The van der Waals surface area contributed by atoms with Gasteiger partial charge < -0.3 is 9.80 Å². The minimum Gasteiger partial charge on any atom is -0.338 e. The Bertz CT molecular complexity index is 1140. The summed E-state index contributed by atoms with van der Waals surface area (Å²) in [6.45, 7) is 6.49. The molecule has 0 N–H and O–H groups in total. The molecule has 1 saturated heterocycles. The Morgan fingerprint density at radius 3 is 2.77 bits per heavy atom. The zero-order chi connectivity index (χ0) is 21.5. The van der Waals surface area contributed by atoms with Crippen molar-refractivity contribution >= 4 is 17.4 Å². The van der Waals surface area contributed by atoms with Crippen molar-refractivity contribution in [2.24, 2.45) is 5.92 Å². The summed E-state index contributed by atoms with van der Waals surface area (Å²) in [5.74, 6) is 1.28. The van der Waals surface area contributed by atoms with Crippen molar-refractivity contribution in [1.82, 2.24) is 14.9 Å². The van der Waals surface area contributed by atoms with Crippen molar-refractivity contribution in [3.63, 3.8) is 0 Å². The highest BCUT2D eigenvalue weighted by atomic mass is 19.1. The van der Waals surface area contributed by atoms with Crippen molar-refractivity contribution in [3.05, 3.63) is 82.6 Å². The summed E-state index contributed by atoms with van der Waals surface area (Å²) in [5.41, 5.74) is 5.55. The maximum Gasteiger partial charge on any atom is 0.254 e. The summed E-state index contributed by atoms with van der Waals surface area (Å²) in [5, 5.41) is 0. The first-order valence-corrected chi connectivity index (χ1v) is 10.7. The maximum absolute atomic E-state index is 13.8. The minimum absolute atomic E-state index is 0.127. The number of anilines is 2. The molecule has 3 aromatic rings. The number of carbonyl (C=O) groups is 1. The number of likely N-dealkylation sites (tertiary alicyclic amines) is 1. The molecule has 0 radical (unpaired) electrons. The van der Waals surface area contributed by atoms with Crippen LogP contribution in [0.5, 0.6) is 0 Å². The van der Waals surface area contributed by atoms with E-state index in [1.807, 2.05) is 36.1 Å². The lowest BCUT2D eigenvalue weighted by molar-refractivity contribution is 0.0529. The molecule has 2 aromatic carbocycles. The lowest BCUT2D eigenvalue weighted by Gasteiger charge is -2.37. The SMILES string of the molecule is Cc1cc(F)cc(Cc2cc(N3CCc4c(C(=O)N5CC(C)C5)cccc43)ncn2)c1. The largest absolute Gasteiger partial charge is 0.338 e. The van der Waals surface area contributed by atoms with Crippen molar-refractivity contribution in [1.29, 1.82) is 0 Å². The van der Waals surface area contributed by atoms with E-state index in [2.05, 4.69) is 27.9 Å². The first-order valence-electron chi connectivity index (χ1n) is 10.7. The van der Waals surface area contributed by atoms with Crippen LogP contribution in [0.4, 0.5) is 15.9 Å². The number of nitrogens with zero attached hydrogens (tertiary/aromatic N) is 4. The zero-order valence-corrected chi connectivity index (χ0v) is 17.8. The number of hydrogen-bond acceptors (Lipinski definition) is 4. The third kappa shape index (κ3) is 3.78. The summed E-state index contributed by atoms with van der Waals surface area (Å²) in [7, 11) is 0. The van der Waals surface area contributed by atoms with Crippen molar-refractivity contribution in [3.8, 4) is 0 Å². The highest BCUT2D eigenvalue weighted by Crippen LogP contribution is 2.36. The molecule has 3 heterocycles. The molecule has 1 amide bonds. The van der Waals surface area contributed by atoms with E-state index < -0.39 is 0 Å². The fraction of sp³-hybridized carbons (Fsp3) is 0.320. The number of fused-ring (bicyclic) bond motifs is 1. The van der Waals surface area contributed by atoms with Crippen LogP contribution in [-0.2, 0) is 12.8 Å². The smallest absolute Gasteiger partial charge is 0.254 e. The van der Waals surface area contributed by atoms with Gasteiger partial charge in [0.05, 0.1) is 5.69 Å². The topological polar surface area (TPSA) is 49.3 Å². The van der Waals surface area contributed by atoms with Gasteiger partial charge in [0.1, 0.15) is 18.0 Å². The summed E-state index contributed by atoms with van der Waals surface area (Å²) in [6, 6.07) is 12.9. The molecular weight excluding hydrogens is 391 g/mol. The number of benzene rings is 2. The predicted molar refractivity (Wildman–Crippen MR) is 118 cm³/mol. The Labute approximate surface area is 181 Å². The molecule has 0 atom stereocenters. The Morgan fingerprint density at radius 2 is 2.00 bits per heavy atom. The van der Waals surface area contributed by atoms with Crippen LogP contribution in [0.15, 0.2) is 48.8 Å². The van der Waals surface area contributed by atoms with E-state index in [-0.39, 0.29) is 11.7 Å². The van der Waals surface area contributed by atoms with Crippen LogP contribution in [0.2, 0.25) is 0 Å². The second kappa shape index (κ2) is 7.76. The quantitative estimate of drug-likeness (QED) is 0.636. The maximum atomic E-state index is 13.8. The first kappa shape index (κ1) is 19.7. The lowest BCUT2D eigenvalue weighted by Crippen LogP contribution is -2.48. The van der Waals surface area contributed by atoms with Gasteiger partial charge in [-0.3, -0.25) is 4.79 Å². The van der Waals surface area contributed by atoms with E-state index in [0.717, 1.165) is 65.5 Å². The van der Waals surface area contributed by atoms with Crippen molar-refractivity contribution in [2.75, 3.05) is 24.5 Å². The van der Waals surface area contributed by atoms with Gasteiger partial charge in [-0.1, -0.05) is 19.1 Å². The molecule has 31 heavy (non-hydrogen) atoms. The van der Waals surface area contributed by atoms with Crippen LogP contribution in [0, 0.1) is 18.7 Å².